The fourth-order valence-corrected chi connectivity index (χ4v) is 1.71. The summed E-state index contributed by atoms with van der Waals surface area (Å²) < 4.78 is 7.00. The van der Waals surface area contributed by atoms with Gasteiger partial charge in [0.25, 0.3) is 5.88 Å². The molecule has 0 saturated heterocycles. The Morgan fingerprint density at radius 2 is 2.26 bits per heavy atom. The lowest BCUT2D eigenvalue weighted by molar-refractivity contribution is 0.0687. The quantitative estimate of drug-likeness (QED) is 0.687. The molecule has 0 fully saturated rings. The van der Waals surface area contributed by atoms with Gasteiger partial charge in [-0.1, -0.05) is 17.2 Å². The molecule has 3 aromatic rings. The number of nitrogens with zero attached hydrogens (tertiary/aromatic N) is 5. The Balaban J connectivity index is 1.81. The molecule has 0 radical (unpaired) electrons. The highest BCUT2D eigenvalue weighted by Gasteiger charge is 2.16. The Morgan fingerprint density at radius 3 is 3.00 bits per heavy atom. The van der Waals surface area contributed by atoms with Gasteiger partial charge in [0.05, 0.1) is 0 Å². The molecule has 9 heteroatoms. The van der Waals surface area contributed by atoms with Crippen molar-refractivity contribution in [3.05, 3.63) is 47.7 Å². The van der Waals surface area contributed by atoms with E-state index in [1.165, 1.54) is 0 Å². The minimum absolute atomic E-state index is 0.0472. The summed E-state index contributed by atoms with van der Waals surface area (Å²) in [5, 5.41) is 22.3. The van der Waals surface area contributed by atoms with Crippen LogP contribution in [0.3, 0.4) is 0 Å². The van der Waals surface area contributed by atoms with Crippen molar-refractivity contribution in [1.82, 2.24) is 30.2 Å². The summed E-state index contributed by atoms with van der Waals surface area (Å²) in [5.74, 6) is 5.26. The Kier molecular flexibility index (Phi) is 3.71. The van der Waals surface area contributed by atoms with Gasteiger partial charge in [-0.25, -0.2) is 14.9 Å². The van der Waals surface area contributed by atoms with Crippen LogP contribution in [0.25, 0.3) is 0 Å². The van der Waals surface area contributed by atoms with Gasteiger partial charge in [-0.2, -0.15) is 0 Å². The van der Waals surface area contributed by atoms with Gasteiger partial charge in [-0.05, 0) is 24.1 Å². The van der Waals surface area contributed by atoms with Crippen molar-refractivity contribution < 1.29 is 14.6 Å². The standard InChI is InChI=1S/C14H10N6O3/c1-20-8-15-11(18-20)6-5-9-3-2-4-10(7-9)23-13-12(14(21)22)16-19-17-13/h2-4,7-8H,1H3,(H,21,22)(H,16,17,19). The molecule has 2 heterocycles. The van der Waals surface area contributed by atoms with E-state index in [0.717, 1.165) is 0 Å². The number of aromatic amines is 1. The van der Waals surface area contributed by atoms with Gasteiger partial charge >= 0.3 is 5.97 Å². The van der Waals surface area contributed by atoms with Crippen molar-refractivity contribution in [3.8, 4) is 23.5 Å². The van der Waals surface area contributed by atoms with E-state index in [1.807, 2.05) is 0 Å². The summed E-state index contributed by atoms with van der Waals surface area (Å²) in [6, 6.07) is 6.83. The van der Waals surface area contributed by atoms with Crippen molar-refractivity contribution in [2.75, 3.05) is 0 Å². The molecule has 0 aliphatic heterocycles. The van der Waals surface area contributed by atoms with Gasteiger partial charge < -0.3 is 9.84 Å². The maximum atomic E-state index is 11.0. The number of hydrogen-bond donors (Lipinski definition) is 2. The molecule has 0 bridgehead atoms. The highest BCUT2D eigenvalue weighted by Crippen LogP contribution is 2.22. The zero-order valence-corrected chi connectivity index (χ0v) is 11.9. The predicted octanol–water partition coefficient (Wildman–Crippen LogP) is 0.823. The second-order valence-corrected chi connectivity index (χ2v) is 4.42. The van der Waals surface area contributed by atoms with E-state index in [2.05, 4.69) is 37.3 Å². The largest absolute Gasteiger partial charge is 0.476 e. The Bertz CT molecular complexity index is 918. The molecule has 2 aromatic heterocycles. The number of carboxylic acid groups (broad SMARTS) is 1. The van der Waals surface area contributed by atoms with Crippen LogP contribution in [0, 0.1) is 11.8 Å². The minimum atomic E-state index is -1.23. The van der Waals surface area contributed by atoms with E-state index in [1.54, 1.807) is 42.3 Å². The Morgan fingerprint density at radius 1 is 1.39 bits per heavy atom. The highest BCUT2D eigenvalue weighted by atomic mass is 16.5. The van der Waals surface area contributed by atoms with E-state index in [-0.39, 0.29) is 11.6 Å². The second kappa shape index (κ2) is 5.98. The molecule has 9 nitrogen and oxygen atoms in total. The van der Waals surface area contributed by atoms with Gasteiger partial charge in [-0.3, -0.25) is 4.68 Å². The molecule has 0 atom stereocenters. The van der Waals surface area contributed by atoms with E-state index in [9.17, 15) is 4.79 Å². The Labute approximate surface area is 129 Å². The van der Waals surface area contributed by atoms with Crippen LogP contribution in [0.15, 0.2) is 30.6 Å². The molecule has 0 aliphatic carbocycles. The third kappa shape index (κ3) is 3.33. The fraction of sp³-hybridized carbons (Fsp3) is 0.0714. The highest BCUT2D eigenvalue weighted by molar-refractivity contribution is 5.87. The third-order valence-electron chi connectivity index (χ3n) is 2.69. The van der Waals surface area contributed by atoms with Crippen LogP contribution in [-0.4, -0.2) is 41.3 Å². The molecule has 3 rings (SSSR count). The first-order valence-electron chi connectivity index (χ1n) is 6.42. The lowest BCUT2D eigenvalue weighted by Gasteiger charge is -2.03. The third-order valence-corrected chi connectivity index (χ3v) is 2.69. The molecule has 23 heavy (non-hydrogen) atoms. The predicted molar refractivity (Wildman–Crippen MR) is 76.8 cm³/mol. The summed E-state index contributed by atoms with van der Waals surface area (Å²) in [6.07, 6.45) is 1.56. The number of aryl methyl sites for hydroxylation is 1. The summed E-state index contributed by atoms with van der Waals surface area (Å²) in [6.45, 7) is 0. The SMILES string of the molecule is Cn1cnc(C#Cc2cccc(Oc3[nH]nnc3C(=O)O)c2)n1. The van der Waals surface area contributed by atoms with E-state index in [4.69, 9.17) is 9.84 Å². The molecule has 114 valence electrons. The number of aromatic nitrogens is 6. The number of benzene rings is 1. The van der Waals surface area contributed by atoms with E-state index < -0.39 is 5.97 Å². The molecule has 0 saturated carbocycles. The number of nitrogens with one attached hydrogen (secondary N) is 1. The van der Waals surface area contributed by atoms with Gasteiger partial charge in [0, 0.05) is 12.6 Å². The lowest BCUT2D eigenvalue weighted by atomic mass is 10.2. The summed E-state index contributed by atoms with van der Waals surface area (Å²) in [5.41, 5.74) is 0.374. The Hall–Kier alpha value is -3.67. The molecule has 0 spiro atoms. The van der Waals surface area contributed by atoms with Crippen LogP contribution in [0.4, 0.5) is 0 Å². The zero-order chi connectivity index (χ0) is 16.2. The van der Waals surface area contributed by atoms with Crippen LogP contribution in [-0.2, 0) is 7.05 Å². The van der Waals surface area contributed by atoms with E-state index in [0.29, 0.717) is 17.1 Å². The first-order valence-corrected chi connectivity index (χ1v) is 6.42. The van der Waals surface area contributed by atoms with Crippen molar-refractivity contribution in [3.63, 3.8) is 0 Å². The number of carbonyl (C=O) groups is 1. The zero-order valence-electron chi connectivity index (χ0n) is 11.9. The number of H-pyrrole nitrogens is 1. The van der Waals surface area contributed by atoms with Gasteiger partial charge in [-0.15, -0.1) is 10.2 Å². The van der Waals surface area contributed by atoms with Gasteiger partial charge in [0.15, 0.2) is 0 Å². The normalized spacial score (nSPS) is 9.96. The molecule has 0 amide bonds. The maximum absolute atomic E-state index is 11.0. The monoisotopic (exact) mass is 310 g/mol. The van der Waals surface area contributed by atoms with Crippen molar-refractivity contribution in [2.45, 2.75) is 0 Å². The first-order chi connectivity index (χ1) is 11.1. The average molecular weight is 310 g/mol. The molecule has 0 aliphatic rings. The van der Waals surface area contributed by atoms with Crippen LogP contribution in [0.2, 0.25) is 0 Å². The average Bonchev–Trinajstić information content (AvgIpc) is 3.14. The summed E-state index contributed by atoms with van der Waals surface area (Å²) in [4.78, 5) is 15.0. The molecular weight excluding hydrogens is 300 g/mol. The topological polar surface area (TPSA) is 119 Å². The van der Waals surface area contributed by atoms with E-state index >= 15 is 0 Å². The number of aromatic carboxylic acids is 1. The van der Waals surface area contributed by atoms with Crippen LogP contribution in [0.5, 0.6) is 11.6 Å². The van der Waals surface area contributed by atoms with Crippen molar-refractivity contribution in [1.29, 1.82) is 0 Å². The van der Waals surface area contributed by atoms with Crippen LogP contribution in [0.1, 0.15) is 21.9 Å². The molecule has 0 unspecified atom stereocenters. The number of carboxylic acids is 1. The summed E-state index contributed by atoms with van der Waals surface area (Å²) in [7, 11) is 1.76. The smallest absolute Gasteiger partial charge is 0.362 e. The lowest BCUT2D eigenvalue weighted by Crippen LogP contribution is -1.99. The number of rotatable bonds is 3. The summed E-state index contributed by atoms with van der Waals surface area (Å²) >= 11 is 0. The number of ether oxygens (including phenoxy) is 1. The first kappa shape index (κ1) is 14.3. The molecular formula is C14H10N6O3. The molecule has 2 N–H and O–H groups in total. The van der Waals surface area contributed by atoms with Gasteiger partial charge in [0.2, 0.25) is 11.5 Å². The van der Waals surface area contributed by atoms with Crippen molar-refractivity contribution in [2.24, 2.45) is 7.05 Å². The fourth-order valence-electron chi connectivity index (χ4n) is 1.71. The van der Waals surface area contributed by atoms with Crippen molar-refractivity contribution >= 4 is 5.97 Å². The maximum Gasteiger partial charge on any atom is 0.362 e. The van der Waals surface area contributed by atoms with Crippen LogP contribution >= 0.6 is 0 Å². The second-order valence-electron chi connectivity index (χ2n) is 4.42. The van der Waals surface area contributed by atoms with Crippen LogP contribution < -0.4 is 4.74 Å². The molecule has 1 aromatic carbocycles. The number of hydrogen-bond acceptors (Lipinski definition) is 6. The van der Waals surface area contributed by atoms with Gasteiger partial charge in [0.1, 0.15) is 12.1 Å². The minimum Gasteiger partial charge on any atom is -0.476 e.